The Labute approximate surface area is 150 Å². The molecular formula is C17H17NO7S. The number of carbonyl (C=O) groups excluding carboxylic acids is 1. The van der Waals surface area contributed by atoms with Gasteiger partial charge in [-0.2, -0.15) is 0 Å². The van der Waals surface area contributed by atoms with Gasteiger partial charge in [0.15, 0.2) is 9.84 Å². The van der Waals surface area contributed by atoms with Gasteiger partial charge >= 0.3 is 5.97 Å². The Balaban J connectivity index is 2.37. The van der Waals surface area contributed by atoms with Crippen LogP contribution in [0.5, 0.6) is 5.75 Å². The molecule has 0 unspecified atom stereocenters. The molecule has 0 spiro atoms. The number of hydrogen-bond donors (Lipinski definition) is 0. The number of sulfone groups is 1. The molecule has 2 aromatic carbocycles. The van der Waals surface area contributed by atoms with Gasteiger partial charge in [0.1, 0.15) is 5.75 Å². The molecule has 0 aromatic heterocycles. The number of benzene rings is 2. The third-order valence-corrected chi connectivity index (χ3v) is 5.24. The van der Waals surface area contributed by atoms with Crippen LogP contribution in [0.2, 0.25) is 0 Å². The summed E-state index contributed by atoms with van der Waals surface area (Å²) in [6.07, 6.45) is 0. The van der Waals surface area contributed by atoms with Crippen molar-refractivity contribution in [3.05, 3.63) is 63.7 Å². The Hall–Kier alpha value is -2.94. The average Bonchev–Trinajstić information content (AvgIpc) is 2.61. The number of nitro benzene ring substituents is 1. The zero-order chi connectivity index (χ0) is 19.3. The van der Waals surface area contributed by atoms with Crippen LogP contribution in [0.15, 0.2) is 47.4 Å². The monoisotopic (exact) mass is 379 g/mol. The van der Waals surface area contributed by atoms with E-state index in [2.05, 4.69) is 0 Å². The molecule has 0 aliphatic carbocycles. The molecule has 0 aliphatic rings. The Kier molecular flexibility index (Phi) is 5.93. The van der Waals surface area contributed by atoms with Crippen LogP contribution in [0.1, 0.15) is 22.8 Å². The normalized spacial score (nSPS) is 11.0. The molecule has 0 fully saturated rings. The lowest BCUT2D eigenvalue weighted by molar-refractivity contribution is -0.385. The van der Waals surface area contributed by atoms with Crippen LogP contribution in [0.3, 0.4) is 0 Å². The second-order valence-electron chi connectivity index (χ2n) is 5.26. The van der Waals surface area contributed by atoms with Gasteiger partial charge in [0.2, 0.25) is 0 Å². The number of esters is 1. The molecule has 2 aromatic rings. The van der Waals surface area contributed by atoms with Crippen molar-refractivity contribution >= 4 is 21.5 Å². The number of nitrogens with zero attached hydrogens (tertiary/aromatic N) is 1. The van der Waals surface area contributed by atoms with Crippen LogP contribution >= 0.6 is 0 Å². The lowest BCUT2D eigenvalue weighted by atomic mass is 10.1. The first-order chi connectivity index (χ1) is 12.3. The van der Waals surface area contributed by atoms with Crippen LogP contribution in [0.4, 0.5) is 5.69 Å². The van der Waals surface area contributed by atoms with Crippen LogP contribution in [0, 0.1) is 10.1 Å². The van der Waals surface area contributed by atoms with Crippen molar-refractivity contribution in [1.29, 1.82) is 0 Å². The first-order valence-corrected chi connectivity index (χ1v) is 9.25. The predicted octanol–water partition coefficient (Wildman–Crippen LogP) is 2.75. The van der Waals surface area contributed by atoms with E-state index in [-0.39, 0.29) is 22.6 Å². The maximum atomic E-state index is 12.5. The third kappa shape index (κ3) is 4.37. The Morgan fingerprint density at radius 2 is 1.81 bits per heavy atom. The zero-order valence-corrected chi connectivity index (χ0v) is 15.0. The number of methoxy groups -OCH3 is 1. The molecule has 0 radical (unpaired) electrons. The molecule has 0 saturated heterocycles. The van der Waals surface area contributed by atoms with Gasteiger partial charge in [-0.3, -0.25) is 10.1 Å². The summed E-state index contributed by atoms with van der Waals surface area (Å²) in [5.41, 5.74) is -0.476. The van der Waals surface area contributed by atoms with E-state index in [0.717, 1.165) is 6.07 Å². The number of rotatable bonds is 7. The van der Waals surface area contributed by atoms with Crippen molar-refractivity contribution in [3.63, 3.8) is 0 Å². The van der Waals surface area contributed by atoms with Gasteiger partial charge < -0.3 is 9.47 Å². The van der Waals surface area contributed by atoms with E-state index >= 15 is 0 Å². The molecule has 9 heteroatoms. The molecule has 0 atom stereocenters. The van der Waals surface area contributed by atoms with E-state index in [1.807, 2.05) is 0 Å². The molecule has 8 nitrogen and oxygen atoms in total. The Bertz CT molecular complexity index is 921. The number of ether oxygens (including phenoxy) is 2. The number of nitro groups is 1. The average molecular weight is 379 g/mol. The van der Waals surface area contributed by atoms with E-state index in [0.29, 0.717) is 5.75 Å². The number of carbonyl (C=O) groups is 1. The fourth-order valence-electron chi connectivity index (χ4n) is 2.27. The SMILES string of the molecule is CCOC(=O)c1ccc(CS(=O)(=O)c2ccc(OC)cc2)c([N+](=O)[O-])c1. The van der Waals surface area contributed by atoms with Gasteiger partial charge in [-0.25, -0.2) is 13.2 Å². The third-order valence-electron chi connectivity index (χ3n) is 3.56. The minimum atomic E-state index is -3.81. The summed E-state index contributed by atoms with van der Waals surface area (Å²) in [7, 11) is -2.36. The van der Waals surface area contributed by atoms with Crippen molar-refractivity contribution in [2.45, 2.75) is 17.6 Å². The van der Waals surface area contributed by atoms with Gasteiger partial charge in [-0.05, 0) is 37.3 Å². The highest BCUT2D eigenvalue weighted by Crippen LogP contribution is 2.26. The molecule has 0 saturated carbocycles. The minimum Gasteiger partial charge on any atom is -0.497 e. The molecular weight excluding hydrogens is 362 g/mol. The zero-order valence-electron chi connectivity index (χ0n) is 14.2. The Morgan fingerprint density at radius 1 is 1.15 bits per heavy atom. The summed E-state index contributed by atoms with van der Waals surface area (Å²) in [4.78, 5) is 22.3. The van der Waals surface area contributed by atoms with Crippen molar-refractivity contribution in [2.24, 2.45) is 0 Å². The fourth-order valence-corrected chi connectivity index (χ4v) is 3.64. The fraction of sp³-hybridized carbons (Fsp3) is 0.235. The molecule has 0 amide bonds. The summed E-state index contributed by atoms with van der Waals surface area (Å²) in [6.45, 7) is 1.74. The summed E-state index contributed by atoms with van der Waals surface area (Å²) < 4.78 is 34.9. The van der Waals surface area contributed by atoms with E-state index in [1.54, 1.807) is 6.92 Å². The van der Waals surface area contributed by atoms with E-state index < -0.39 is 32.2 Å². The minimum absolute atomic E-state index is 0.0101. The standard InChI is InChI=1S/C17H17NO7S/c1-3-25-17(19)12-4-5-13(16(10-12)18(20)21)11-26(22,23)15-8-6-14(24-2)7-9-15/h4-10H,3,11H2,1-2H3. The largest absolute Gasteiger partial charge is 0.497 e. The van der Waals surface area contributed by atoms with Crippen LogP contribution in [-0.4, -0.2) is 33.0 Å². The van der Waals surface area contributed by atoms with Crippen molar-refractivity contribution in [1.82, 2.24) is 0 Å². The second-order valence-corrected chi connectivity index (χ2v) is 7.25. The molecule has 26 heavy (non-hydrogen) atoms. The van der Waals surface area contributed by atoms with E-state index in [9.17, 15) is 23.3 Å². The smallest absolute Gasteiger partial charge is 0.338 e. The van der Waals surface area contributed by atoms with Crippen LogP contribution in [0.25, 0.3) is 0 Å². The lowest BCUT2D eigenvalue weighted by Crippen LogP contribution is -2.09. The highest BCUT2D eigenvalue weighted by molar-refractivity contribution is 7.90. The first kappa shape index (κ1) is 19.4. The summed E-state index contributed by atoms with van der Waals surface area (Å²) in [6, 6.07) is 9.31. The molecule has 0 aliphatic heterocycles. The molecule has 0 bridgehead atoms. The first-order valence-electron chi connectivity index (χ1n) is 7.59. The molecule has 2 rings (SSSR count). The van der Waals surface area contributed by atoms with E-state index in [1.165, 1.54) is 43.5 Å². The maximum absolute atomic E-state index is 12.5. The summed E-state index contributed by atoms with van der Waals surface area (Å²) in [5.74, 6) is -0.785. The van der Waals surface area contributed by atoms with Crippen molar-refractivity contribution in [2.75, 3.05) is 13.7 Å². The summed E-state index contributed by atoms with van der Waals surface area (Å²) in [5, 5.41) is 11.3. The van der Waals surface area contributed by atoms with Gasteiger partial charge in [-0.15, -0.1) is 0 Å². The summed E-state index contributed by atoms with van der Waals surface area (Å²) >= 11 is 0. The van der Waals surface area contributed by atoms with Gasteiger partial charge in [0, 0.05) is 11.6 Å². The second kappa shape index (κ2) is 7.96. The quantitative estimate of drug-likeness (QED) is 0.413. The molecule has 0 heterocycles. The van der Waals surface area contributed by atoms with Crippen molar-refractivity contribution in [3.8, 4) is 5.75 Å². The van der Waals surface area contributed by atoms with Crippen molar-refractivity contribution < 1.29 is 27.6 Å². The molecule has 138 valence electrons. The van der Waals surface area contributed by atoms with Gasteiger partial charge in [0.05, 0.1) is 34.9 Å². The number of hydrogen-bond acceptors (Lipinski definition) is 7. The maximum Gasteiger partial charge on any atom is 0.338 e. The van der Waals surface area contributed by atoms with Crippen LogP contribution in [-0.2, 0) is 20.3 Å². The Morgan fingerprint density at radius 3 is 2.35 bits per heavy atom. The highest BCUT2D eigenvalue weighted by Gasteiger charge is 2.24. The van der Waals surface area contributed by atoms with Gasteiger partial charge in [-0.1, -0.05) is 6.07 Å². The van der Waals surface area contributed by atoms with Crippen LogP contribution < -0.4 is 4.74 Å². The lowest BCUT2D eigenvalue weighted by Gasteiger charge is -2.08. The van der Waals surface area contributed by atoms with Gasteiger partial charge in [0.25, 0.3) is 5.69 Å². The highest BCUT2D eigenvalue weighted by atomic mass is 32.2. The predicted molar refractivity (Wildman–Crippen MR) is 92.9 cm³/mol. The topological polar surface area (TPSA) is 113 Å². The molecule has 0 N–H and O–H groups in total. The van der Waals surface area contributed by atoms with E-state index in [4.69, 9.17) is 9.47 Å².